The number of aryl methyl sites for hydroxylation is 1. The number of thiazole rings is 1. The predicted octanol–water partition coefficient (Wildman–Crippen LogP) is 1.25. The fraction of sp³-hybridized carbons (Fsp3) is 0.143. The van der Waals surface area contributed by atoms with E-state index in [0.717, 1.165) is 10.6 Å². The first-order valence-electron chi connectivity index (χ1n) is 3.39. The topological polar surface area (TPSA) is 50.9 Å². The van der Waals surface area contributed by atoms with Crippen molar-refractivity contribution in [3.8, 4) is 16.5 Å². The molecule has 0 amide bonds. The van der Waals surface area contributed by atoms with Crippen molar-refractivity contribution in [2.75, 3.05) is 0 Å². The zero-order valence-corrected chi connectivity index (χ0v) is 7.25. The molecule has 0 aliphatic rings. The molecule has 0 saturated carbocycles. The SMILES string of the molecule is Cn1cc(-c2nc(O)cs2)cn1. The molecular weight excluding hydrogens is 174 g/mol. The molecule has 1 N–H and O–H groups in total. The number of rotatable bonds is 1. The average Bonchev–Trinajstić information content (AvgIpc) is 2.58. The van der Waals surface area contributed by atoms with E-state index in [1.54, 1.807) is 16.3 Å². The maximum atomic E-state index is 8.99. The molecule has 4 nitrogen and oxygen atoms in total. The Kier molecular flexibility index (Phi) is 1.58. The fourth-order valence-corrected chi connectivity index (χ4v) is 1.59. The smallest absolute Gasteiger partial charge is 0.222 e. The van der Waals surface area contributed by atoms with Gasteiger partial charge in [0.2, 0.25) is 5.88 Å². The van der Waals surface area contributed by atoms with Crippen LogP contribution in [0.25, 0.3) is 10.6 Å². The highest BCUT2D eigenvalue weighted by molar-refractivity contribution is 7.13. The predicted molar refractivity (Wildman–Crippen MR) is 46.0 cm³/mol. The third-order valence-corrected chi connectivity index (χ3v) is 2.32. The third kappa shape index (κ3) is 1.18. The highest BCUT2D eigenvalue weighted by Crippen LogP contribution is 2.25. The molecule has 12 heavy (non-hydrogen) atoms. The van der Waals surface area contributed by atoms with Gasteiger partial charge in [0.15, 0.2) is 0 Å². The van der Waals surface area contributed by atoms with Gasteiger partial charge >= 0.3 is 0 Å². The van der Waals surface area contributed by atoms with Crippen LogP contribution < -0.4 is 0 Å². The summed E-state index contributed by atoms with van der Waals surface area (Å²) < 4.78 is 1.70. The lowest BCUT2D eigenvalue weighted by Crippen LogP contribution is -1.83. The largest absolute Gasteiger partial charge is 0.493 e. The van der Waals surface area contributed by atoms with Gasteiger partial charge in [-0.05, 0) is 0 Å². The van der Waals surface area contributed by atoms with E-state index < -0.39 is 0 Å². The van der Waals surface area contributed by atoms with Gasteiger partial charge in [-0.15, -0.1) is 11.3 Å². The Bertz CT molecular complexity index is 355. The Morgan fingerprint density at radius 1 is 1.58 bits per heavy atom. The molecule has 0 atom stereocenters. The van der Waals surface area contributed by atoms with Crippen LogP contribution >= 0.6 is 11.3 Å². The molecule has 0 spiro atoms. The lowest BCUT2D eigenvalue weighted by Gasteiger charge is -1.85. The quantitative estimate of drug-likeness (QED) is 0.720. The van der Waals surface area contributed by atoms with Crippen LogP contribution in [0.1, 0.15) is 0 Å². The van der Waals surface area contributed by atoms with Gasteiger partial charge in [0.05, 0.1) is 11.6 Å². The molecule has 0 fully saturated rings. The van der Waals surface area contributed by atoms with Crippen molar-refractivity contribution in [2.24, 2.45) is 7.05 Å². The summed E-state index contributed by atoms with van der Waals surface area (Å²) in [6.45, 7) is 0. The van der Waals surface area contributed by atoms with Crippen molar-refractivity contribution >= 4 is 11.3 Å². The van der Waals surface area contributed by atoms with E-state index in [-0.39, 0.29) is 5.88 Å². The van der Waals surface area contributed by atoms with Crippen LogP contribution in [-0.4, -0.2) is 19.9 Å². The first-order valence-corrected chi connectivity index (χ1v) is 4.27. The summed E-state index contributed by atoms with van der Waals surface area (Å²) in [6, 6.07) is 0. The molecule has 0 radical (unpaired) electrons. The van der Waals surface area contributed by atoms with Crippen molar-refractivity contribution in [3.05, 3.63) is 17.8 Å². The Balaban J connectivity index is 2.43. The van der Waals surface area contributed by atoms with Crippen molar-refractivity contribution in [2.45, 2.75) is 0 Å². The zero-order valence-electron chi connectivity index (χ0n) is 6.43. The van der Waals surface area contributed by atoms with E-state index in [1.165, 1.54) is 11.3 Å². The van der Waals surface area contributed by atoms with Gasteiger partial charge in [0, 0.05) is 18.8 Å². The number of hydrogen-bond donors (Lipinski definition) is 1. The van der Waals surface area contributed by atoms with E-state index in [2.05, 4.69) is 10.1 Å². The lowest BCUT2D eigenvalue weighted by molar-refractivity contribution is 0.458. The summed E-state index contributed by atoms with van der Waals surface area (Å²) in [4.78, 5) is 3.92. The van der Waals surface area contributed by atoms with Crippen LogP contribution in [0.15, 0.2) is 17.8 Å². The monoisotopic (exact) mass is 181 g/mol. The molecule has 0 unspecified atom stereocenters. The van der Waals surface area contributed by atoms with E-state index in [9.17, 15) is 0 Å². The van der Waals surface area contributed by atoms with Crippen LogP contribution in [0.3, 0.4) is 0 Å². The van der Waals surface area contributed by atoms with Crippen LogP contribution in [0.5, 0.6) is 5.88 Å². The number of hydrogen-bond acceptors (Lipinski definition) is 4. The molecule has 2 heterocycles. The van der Waals surface area contributed by atoms with E-state index in [4.69, 9.17) is 5.11 Å². The molecular formula is C7H7N3OS. The van der Waals surface area contributed by atoms with Gasteiger partial charge in [0.1, 0.15) is 5.01 Å². The summed E-state index contributed by atoms with van der Waals surface area (Å²) in [5.74, 6) is 0.0684. The third-order valence-electron chi connectivity index (χ3n) is 1.44. The second kappa shape index (κ2) is 2.60. The number of aromatic hydroxyl groups is 1. The maximum Gasteiger partial charge on any atom is 0.222 e. The Morgan fingerprint density at radius 2 is 2.42 bits per heavy atom. The van der Waals surface area contributed by atoms with Gasteiger partial charge in [0.25, 0.3) is 0 Å². The number of nitrogens with zero attached hydrogens (tertiary/aromatic N) is 3. The van der Waals surface area contributed by atoms with E-state index in [0.29, 0.717) is 0 Å². The molecule has 2 aromatic heterocycles. The van der Waals surface area contributed by atoms with Crippen LogP contribution in [0, 0.1) is 0 Å². The zero-order chi connectivity index (χ0) is 8.55. The molecule has 0 aliphatic heterocycles. The first-order chi connectivity index (χ1) is 5.75. The van der Waals surface area contributed by atoms with E-state index >= 15 is 0 Å². The number of aromatic nitrogens is 3. The van der Waals surface area contributed by atoms with Crippen LogP contribution in [-0.2, 0) is 7.05 Å². The van der Waals surface area contributed by atoms with Gasteiger partial charge in [-0.25, -0.2) is 4.98 Å². The molecule has 2 aromatic rings. The van der Waals surface area contributed by atoms with Crippen molar-refractivity contribution in [3.63, 3.8) is 0 Å². The van der Waals surface area contributed by atoms with Crippen molar-refractivity contribution < 1.29 is 5.11 Å². The molecule has 62 valence electrons. The maximum absolute atomic E-state index is 8.99. The summed E-state index contributed by atoms with van der Waals surface area (Å²) in [5.41, 5.74) is 0.933. The van der Waals surface area contributed by atoms with Gasteiger partial charge < -0.3 is 5.11 Å². The second-order valence-electron chi connectivity index (χ2n) is 2.41. The van der Waals surface area contributed by atoms with E-state index in [1.807, 2.05) is 13.2 Å². The lowest BCUT2D eigenvalue weighted by atomic mass is 10.4. The van der Waals surface area contributed by atoms with Crippen LogP contribution in [0.2, 0.25) is 0 Å². The summed E-state index contributed by atoms with van der Waals surface area (Å²) in [7, 11) is 1.84. The van der Waals surface area contributed by atoms with Gasteiger partial charge in [-0.1, -0.05) is 0 Å². The highest BCUT2D eigenvalue weighted by Gasteiger charge is 2.04. The van der Waals surface area contributed by atoms with Gasteiger partial charge in [-0.2, -0.15) is 5.10 Å². The minimum Gasteiger partial charge on any atom is -0.493 e. The minimum atomic E-state index is 0.0684. The molecule has 0 saturated heterocycles. The Hall–Kier alpha value is -1.36. The van der Waals surface area contributed by atoms with Gasteiger partial charge in [-0.3, -0.25) is 4.68 Å². The molecule has 5 heteroatoms. The highest BCUT2D eigenvalue weighted by atomic mass is 32.1. The minimum absolute atomic E-state index is 0.0684. The standard InChI is InChI=1S/C7H7N3OS/c1-10-3-5(2-8-10)7-9-6(11)4-12-7/h2-4,11H,1H3. The fourth-order valence-electron chi connectivity index (χ4n) is 0.930. The Morgan fingerprint density at radius 3 is 2.92 bits per heavy atom. The molecule has 0 bridgehead atoms. The second-order valence-corrected chi connectivity index (χ2v) is 3.27. The molecule has 0 aromatic carbocycles. The van der Waals surface area contributed by atoms with Crippen molar-refractivity contribution in [1.29, 1.82) is 0 Å². The average molecular weight is 181 g/mol. The molecule has 2 rings (SSSR count). The summed E-state index contributed by atoms with van der Waals surface area (Å²) in [5, 5.41) is 15.4. The van der Waals surface area contributed by atoms with Crippen LogP contribution in [0.4, 0.5) is 0 Å². The summed E-state index contributed by atoms with van der Waals surface area (Å²) >= 11 is 1.40. The normalized spacial score (nSPS) is 10.4. The Labute approximate surface area is 73.1 Å². The first kappa shape index (κ1) is 7.30. The van der Waals surface area contributed by atoms with Crippen molar-refractivity contribution in [1.82, 2.24) is 14.8 Å². The summed E-state index contributed by atoms with van der Waals surface area (Å²) in [6.07, 6.45) is 3.58. The molecule has 0 aliphatic carbocycles.